The maximum absolute atomic E-state index is 13.3. The van der Waals surface area contributed by atoms with Gasteiger partial charge in [0.25, 0.3) is 5.78 Å². The van der Waals surface area contributed by atoms with Gasteiger partial charge in [0.05, 0.1) is 28.9 Å². The van der Waals surface area contributed by atoms with Crippen LogP contribution in [-0.2, 0) is 9.59 Å². The second-order valence-electron chi connectivity index (χ2n) is 7.92. The largest absolute Gasteiger partial charge is 0.507 e. The zero-order chi connectivity index (χ0) is 24.0. The van der Waals surface area contributed by atoms with E-state index < -0.39 is 17.7 Å². The van der Waals surface area contributed by atoms with Gasteiger partial charge in [-0.15, -0.1) is 0 Å². The third kappa shape index (κ3) is 3.78. The van der Waals surface area contributed by atoms with E-state index in [9.17, 15) is 14.7 Å². The third-order valence-corrected chi connectivity index (χ3v) is 7.26. The molecule has 0 aliphatic carbocycles. The van der Waals surface area contributed by atoms with Crippen molar-refractivity contribution in [3.05, 3.63) is 93.5 Å². The Kier molecular flexibility index (Phi) is 5.71. The number of hydrogen-bond donors (Lipinski definition) is 1. The average Bonchev–Trinajstić information content (AvgIpc) is 3.37. The van der Waals surface area contributed by atoms with Gasteiger partial charge in [-0.05, 0) is 54.4 Å². The van der Waals surface area contributed by atoms with Gasteiger partial charge in [-0.2, -0.15) is 0 Å². The number of thiazole rings is 1. The number of ketones is 1. The van der Waals surface area contributed by atoms with Gasteiger partial charge in [-0.1, -0.05) is 57.6 Å². The van der Waals surface area contributed by atoms with E-state index >= 15 is 0 Å². The van der Waals surface area contributed by atoms with Gasteiger partial charge < -0.3 is 9.84 Å². The van der Waals surface area contributed by atoms with E-state index in [-0.39, 0.29) is 11.3 Å². The number of nitrogens with zero attached hydrogens (tertiary/aromatic N) is 2. The van der Waals surface area contributed by atoms with E-state index in [1.807, 2.05) is 25.1 Å². The van der Waals surface area contributed by atoms with Crippen LogP contribution in [0.3, 0.4) is 0 Å². The van der Waals surface area contributed by atoms with E-state index in [0.29, 0.717) is 22.0 Å². The number of carbonyl (C=O) groups is 2. The molecule has 8 heteroatoms. The van der Waals surface area contributed by atoms with Gasteiger partial charge in [-0.25, -0.2) is 4.98 Å². The fourth-order valence-electron chi connectivity index (χ4n) is 4.04. The first-order valence-corrected chi connectivity index (χ1v) is 12.1. The van der Waals surface area contributed by atoms with Crippen LogP contribution >= 0.6 is 27.3 Å². The molecule has 1 aliphatic heterocycles. The van der Waals surface area contributed by atoms with Crippen molar-refractivity contribution in [2.45, 2.75) is 13.0 Å². The topological polar surface area (TPSA) is 79.7 Å². The van der Waals surface area contributed by atoms with Gasteiger partial charge in [0.15, 0.2) is 5.13 Å². The minimum atomic E-state index is -0.861. The molecular weight excluding hydrogens is 516 g/mol. The number of hydrogen-bond acceptors (Lipinski definition) is 6. The molecule has 1 saturated heterocycles. The molecule has 3 aromatic carbocycles. The number of amides is 1. The second-order valence-corrected chi connectivity index (χ2v) is 9.84. The van der Waals surface area contributed by atoms with Crippen molar-refractivity contribution >= 4 is 60.1 Å². The smallest absolute Gasteiger partial charge is 0.301 e. The summed E-state index contributed by atoms with van der Waals surface area (Å²) in [7, 11) is 1.55. The molecule has 1 fully saturated rings. The monoisotopic (exact) mass is 534 g/mol. The van der Waals surface area contributed by atoms with E-state index in [1.165, 1.54) is 16.2 Å². The molecule has 1 aliphatic rings. The highest BCUT2D eigenvalue weighted by molar-refractivity contribution is 9.10. The number of anilines is 1. The Bertz CT molecular complexity index is 1480. The first-order chi connectivity index (χ1) is 16.4. The Morgan fingerprint density at radius 1 is 1.09 bits per heavy atom. The Morgan fingerprint density at radius 3 is 2.59 bits per heavy atom. The van der Waals surface area contributed by atoms with Crippen LogP contribution in [0.25, 0.3) is 16.0 Å². The number of aliphatic hydroxyl groups excluding tert-OH is 1. The van der Waals surface area contributed by atoms with Crippen LogP contribution in [0.5, 0.6) is 5.75 Å². The van der Waals surface area contributed by atoms with Crippen LogP contribution in [0.1, 0.15) is 22.7 Å². The van der Waals surface area contributed by atoms with Crippen LogP contribution in [0.15, 0.2) is 76.8 Å². The minimum absolute atomic E-state index is 0.0102. The SMILES string of the molecule is COc1cccc(C2/C(=C(\O)c3ccc(Br)cc3)C(=O)C(=O)N2c2nc3ccc(C)cc3s2)c1. The number of halogens is 1. The number of fused-ring (bicyclic) bond motifs is 1. The number of carbonyl (C=O) groups excluding carboxylic acids is 2. The van der Waals surface area contributed by atoms with Gasteiger partial charge in [0.1, 0.15) is 11.5 Å². The van der Waals surface area contributed by atoms with E-state index in [2.05, 4.69) is 20.9 Å². The number of Topliss-reactive ketones (excluding diaryl/α,β-unsaturated/α-hetero) is 1. The lowest BCUT2D eigenvalue weighted by molar-refractivity contribution is -0.132. The Labute approximate surface area is 208 Å². The van der Waals surface area contributed by atoms with Gasteiger partial charge in [0, 0.05) is 10.0 Å². The molecule has 0 bridgehead atoms. The number of aromatic nitrogens is 1. The number of ether oxygens (including phenoxy) is 1. The molecule has 0 spiro atoms. The summed E-state index contributed by atoms with van der Waals surface area (Å²) < 4.78 is 7.12. The summed E-state index contributed by atoms with van der Waals surface area (Å²) in [5, 5.41) is 11.6. The highest BCUT2D eigenvalue weighted by Gasteiger charge is 2.48. The van der Waals surface area contributed by atoms with Crippen LogP contribution in [0.4, 0.5) is 5.13 Å². The summed E-state index contributed by atoms with van der Waals surface area (Å²) in [4.78, 5) is 32.7. The quantitative estimate of drug-likeness (QED) is 0.197. The highest BCUT2D eigenvalue weighted by Crippen LogP contribution is 2.45. The van der Waals surface area contributed by atoms with Crippen molar-refractivity contribution in [2.75, 3.05) is 12.0 Å². The average molecular weight is 535 g/mol. The van der Waals surface area contributed by atoms with E-state index in [0.717, 1.165) is 20.3 Å². The molecule has 1 atom stereocenters. The number of benzene rings is 3. The highest BCUT2D eigenvalue weighted by atomic mass is 79.9. The molecule has 0 saturated carbocycles. The number of aliphatic hydroxyl groups is 1. The molecule has 170 valence electrons. The van der Waals surface area contributed by atoms with Crippen LogP contribution in [0, 0.1) is 6.92 Å². The van der Waals surface area contributed by atoms with Crippen molar-refractivity contribution in [2.24, 2.45) is 0 Å². The lowest BCUT2D eigenvalue weighted by Crippen LogP contribution is -2.29. The first-order valence-electron chi connectivity index (χ1n) is 10.5. The predicted octanol–water partition coefficient (Wildman–Crippen LogP) is 6.00. The van der Waals surface area contributed by atoms with Crippen molar-refractivity contribution in [1.82, 2.24) is 4.98 Å². The zero-order valence-corrected chi connectivity index (χ0v) is 20.7. The molecule has 0 radical (unpaired) electrons. The fourth-order valence-corrected chi connectivity index (χ4v) is 5.40. The van der Waals surface area contributed by atoms with Gasteiger partial charge in [0.2, 0.25) is 0 Å². The van der Waals surface area contributed by atoms with Crippen LogP contribution in [-0.4, -0.2) is 28.9 Å². The molecule has 5 rings (SSSR count). The molecule has 1 N–H and O–H groups in total. The summed E-state index contributed by atoms with van der Waals surface area (Å²) in [6.07, 6.45) is 0. The Balaban J connectivity index is 1.74. The molecule has 4 aromatic rings. The molecule has 6 nitrogen and oxygen atoms in total. The normalized spacial score (nSPS) is 17.5. The molecule has 34 heavy (non-hydrogen) atoms. The fraction of sp³-hybridized carbons (Fsp3) is 0.115. The summed E-state index contributed by atoms with van der Waals surface area (Å²) in [5.74, 6) is -1.16. The zero-order valence-electron chi connectivity index (χ0n) is 18.3. The Hall–Kier alpha value is -3.49. The lowest BCUT2D eigenvalue weighted by Gasteiger charge is -2.23. The van der Waals surface area contributed by atoms with E-state index in [1.54, 1.807) is 55.6 Å². The third-order valence-electron chi connectivity index (χ3n) is 5.71. The standard InChI is InChI=1S/C26H19BrN2O4S/c1-14-6-11-19-20(12-14)34-26(28-19)29-22(16-4-3-5-18(13-16)33-2)21(24(31)25(29)32)23(30)15-7-9-17(27)10-8-15/h3-13,22,30H,1-2H3/b23-21+. The lowest BCUT2D eigenvalue weighted by atomic mass is 9.95. The van der Waals surface area contributed by atoms with Gasteiger partial charge >= 0.3 is 5.91 Å². The minimum Gasteiger partial charge on any atom is -0.507 e. The maximum Gasteiger partial charge on any atom is 0.301 e. The molecule has 1 amide bonds. The summed E-state index contributed by atoms with van der Waals surface area (Å²) in [5.41, 5.74) is 2.90. The van der Waals surface area contributed by atoms with Crippen molar-refractivity contribution in [3.63, 3.8) is 0 Å². The van der Waals surface area contributed by atoms with Crippen LogP contribution in [0.2, 0.25) is 0 Å². The molecule has 1 unspecified atom stereocenters. The second kappa shape index (κ2) is 8.70. The Morgan fingerprint density at radius 2 is 1.85 bits per heavy atom. The number of methoxy groups -OCH3 is 1. The van der Waals surface area contributed by atoms with Crippen molar-refractivity contribution < 1.29 is 19.4 Å². The molecular formula is C26H19BrN2O4S. The van der Waals surface area contributed by atoms with Crippen LogP contribution < -0.4 is 9.64 Å². The van der Waals surface area contributed by atoms with Crippen molar-refractivity contribution in [1.29, 1.82) is 0 Å². The maximum atomic E-state index is 13.3. The summed E-state index contributed by atoms with van der Waals surface area (Å²) in [6.45, 7) is 1.99. The van der Waals surface area contributed by atoms with Gasteiger partial charge in [-0.3, -0.25) is 14.5 Å². The number of aryl methyl sites for hydroxylation is 1. The summed E-state index contributed by atoms with van der Waals surface area (Å²) >= 11 is 4.71. The predicted molar refractivity (Wildman–Crippen MR) is 136 cm³/mol. The van der Waals surface area contributed by atoms with E-state index in [4.69, 9.17) is 4.74 Å². The molecule has 1 aromatic heterocycles. The van der Waals surface area contributed by atoms with Crippen molar-refractivity contribution in [3.8, 4) is 5.75 Å². The number of rotatable bonds is 4. The summed E-state index contributed by atoms with van der Waals surface area (Å²) in [6, 6.07) is 19.0. The molecule has 2 heterocycles. The first kappa shape index (κ1) is 22.3.